The molecule has 0 aliphatic carbocycles. The van der Waals surface area contributed by atoms with Crippen molar-refractivity contribution in [2.75, 3.05) is 5.32 Å². The molecule has 0 saturated heterocycles. The van der Waals surface area contributed by atoms with Gasteiger partial charge in [-0.25, -0.2) is 0 Å². The lowest BCUT2D eigenvalue weighted by atomic mass is 10.1. The van der Waals surface area contributed by atoms with E-state index >= 15 is 0 Å². The molecule has 0 spiro atoms. The lowest BCUT2D eigenvalue weighted by Gasteiger charge is -2.08. The molecule has 0 radical (unpaired) electrons. The van der Waals surface area contributed by atoms with E-state index in [9.17, 15) is 9.59 Å². The number of hydrogen-bond acceptors (Lipinski definition) is 3. The zero-order valence-electron chi connectivity index (χ0n) is 14.7. The predicted molar refractivity (Wildman–Crippen MR) is 106 cm³/mol. The summed E-state index contributed by atoms with van der Waals surface area (Å²) in [5.41, 5.74) is 3.32. The normalized spacial score (nSPS) is 10.3. The third-order valence-electron chi connectivity index (χ3n) is 3.88. The van der Waals surface area contributed by atoms with Crippen LogP contribution in [-0.4, -0.2) is 16.8 Å². The van der Waals surface area contributed by atoms with E-state index in [2.05, 4.69) is 15.6 Å². The van der Waals surface area contributed by atoms with E-state index in [4.69, 9.17) is 11.6 Å². The Morgan fingerprint density at radius 1 is 0.963 bits per heavy atom. The Labute approximate surface area is 162 Å². The second-order valence-corrected chi connectivity index (χ2v) is 6.53. The fraction of sp³-hybridized carbons (Fsp3) is 0.0952. The highest BCUT2D eigenvalue weighted by Gasteiger charge is 2.12. The van der Waals surface area contributed by atoms with Crippen LogP contribution in [0.2, 0.25) is 5.02 Å². The number of aryl methyl sites for hydroxylation is 1. The van der Waals surface area contributed by atoms with Crippen LogP contribution >= 0.6 is 11.6 Å². The van der Waals surface area contributed by atoms with Crippen molar-refractivity contribution >= 4 is 29.1 Å². The Morgan fingerprint density at radius 2 is 1.70 bits per heavy atom. The molecule has 136 valence electrons. The predicted octanol–water partition coefficient (Wildman–Crippen LogP) is 4.23. The molecule has 1 heterocycles. The minimum atomic E-state index is -0.363. The number of amides is 2. The Bertz CT molecular complexity index is 988. The van der Waals surface area contributed by atoms with Gasteiger partial charge >= 0.3 is 0 Å². The number of rotatable bonds is 5. The SMILES string of the molecule is Cc1cccc(CNC(=O)c2cncc(C(=O)Nc3cccc(Cl)c3)c2)c1. The quantitative estimate of drug-likeness (QED) is 0.697. The topological polar surface area (TPSA) is 71.1 Å². The third-order valence-corrected chi connectivity index (χ3v) is 4.12. The van der Waals surface area contributed by atoms with Gasteiger partial charge in [0.1, 0.15) is 0 Å². The molecule has 0 unspecified atom stereocenters. The van der Waals surface area contributed by atoms with Gasteiger partial charge in [0, 0.05) is 29.6 Å². The number of aromatic nitrogens is 1. The molecule has 0 aliphatic heterocycles. The minimum absolute atomic E-state index is 0.290. The monoisotopic (exact) mass is 379 g/mol. The largest absolute Gasteiger partial charge is 0.348 e. The van der Waals surface area contributed by atoms with Crippen molar-refractivity contribution in [3.05, 3.63) is 94.3 Å². The first-order valence-corrected chi connectivity index (χ1v) is 8.75. The summed E-state index contributed by atoms with van der Waals surface area (Å²) < 4.78 is 0. The molecule has 0 saturated carbocycles. The summed E-state index contributed by atoms with van der Waals surface area (Å²) in [6.07, 6.45) is 2.85. The fourth-order valence-electron chi connectivity index (χ4n) is 2.56. The molecule has 3 rings (SSSR count). The number of carbonyl (C=O) groups excluding carboxylic acids is 2. The fourth-order valence-corrected chi connectivity index (χ4v) is 2.75. The van der Waals surface area contributed by atoms with Gasteiger partial charge in [-0.15, -0.1) is 0 Å². The van der Waals surface area contributed by atoms with Crippen molar-refractivity contribution in [1.29, 1.82) is 0 Å². The molecule has 2 N–H and O–H groups in total. The van der Waals surface area contributed by atoms with Crippen LogP contribution in [0.3, 0.4) is 0 Å². The van der Waals surface area contributed by atoms with E-state index in [1.165, 1.54) is 18.5 Å². The molecule has 0 aliphatic rings. The van der Waals surface area contributed by atoms with Gasteiger partial charge in [-0.2, -0.15) is 0 Å². The molecule has 27 heavy (non-hydrogen) atoms. The molecule has 2 aromatic carbocycles. The Kier molecular flexibility index (Phi) is 5.84. The molecular formula is C21H18ClN3O2. The van der Waals surface area contributed by atoms with Crippen molar-refractivity contribution in [2.45, 2.75) is 13.5 Å². The number of hydrogen-bond donors (Lipinski definition) is 2. The lowest BCUT2D eigenvalue weighted by molar-refractivity contribution is 0.0950. The maximum atomic E-state index is 12.4. The number of carbonyl (C=O) groups is 2. The van der Waals surface area contributed by atoms with Crippen molar-refractivity contribution in [1.82, 2.24) is 10.3 Å². The first-order valence-electron chi connectivity index (χ1n) is 8.37. The third kappa shape index (κ3) is 5.15. The summed E-state index contributed by atoms with van der Waals surface area (Å²) in [6, 6.07) is 16.2. The molecule has 0 bridgehead atoms. The summed E-state index contributed by atoms with van der Waals surface area (Å²) in [4.78, 5) is 28.8. The highest BCUT2D eigenvalue weighted by Crippen LogP contribution is 2.16. The van der Waals surface area contributed by atoms with Gasteiger partial charge in [0.15, 0.2) is 0 Å². The maximum absolute atomic E-state index is 12.4. The van der Waals surface area contributed by atoms with Crippen molar-refractivity contribution in [3.63, 3.8) is 0 Å². The summed E-state index contributed by atoms with van der Waals surface area (Å²) in [6.45, 7) is 2.40. The molecule has 0 fully saturated rings. The van der Waals surface area contributed by atoms with Crippen LogP contribution in [0, 0.1) is 6.92 Å². The highest BCUT2D eigenvalue weighted by molar-refractivity contribution is 6.31. The van der Waals surface area contributed by atoms with Gasteiger partial charge in [0.05, 0.1) is 11.1 Å². The first kappa shape index (κ1) is 18.6. The van der Waals surface area contributed by atoms with Gasteiger partial charge in [0.2, 0.25) is 0 Å². The van der Waals surface area contributed by atoms with E-state index in [1.54, 1.807) is 24.3 Å². The molecule has 5 nitrogen and oxygen atoms in total. The van der Waals surface area contributed by atoms with Crippen molar-refractivity contribution in [2.24, 2.45) is 0 Å². The summed E-state index contributed by atoms with van der Waals surface area (Å²) in [7, 11) is 0. The zero-order valence-corrected chi connectivity index (χ0v) is 15.5. The van der Waals surface area contributed by atoms with Crippen molar-refractivity contribution in [3.8, 4) is 0 Å². The van der Waals surface area contributed by atoms with Crippen LogP contribution in [0.4, 0.5) is 5.69 Å². The van der Waals surface area contributed by atoms with E-state index in [0.29, 0.717) is 22.8 Å². The van der Waals surface area contributed by atoms with Crippen LogP contribution in [0.1, 0.15) is 31.8 Å². The average Bonchev–Trinajstić information content (AvgIpc) is 2.66. The van der Waals surface area contributed by atoms with Crippen LogP contribution in [0.5, 0.6) is 0 Å². The van der Waals surface area contributed by atoms with Gasteiger partial charge in [-0.05, 0) is 36.8 Å². The van der Waals surface area contributed by atoms with Gasteiger partial charge in [-0.1, -0.05) is 47.5 Å². The Morgan fingerprint density at radius 3 is 2.44 bits per heavy atom. The highest BCUT2D eigenvalue weighted by atomic mass is 35.5. The summed E-state index contributed by atoms with van der Waals surface area (Å²) in [5, 5.41) is 6.10. The van der Waals surface area contributed by atoms with E-state index in [1.807, 2.05) is 31.2 Å². The summed E-state index contributed by atoms with van der Waals surface area (Å²) >= 11 is 5.92. The maximum Gasteiger partial charge on any atom is 0.257 e. The Hall–Kier alpha value is -3.18. The van der Waals surface area contributed by atoms with E-state index in [0.717, 1.165) is 11.1 Å². The number of benzene rings is 2. The molecule has 0 atom stereocenters. The van der Waals surface area contributed by atoms with Crippen molar-refractivity contribution < 1.29 is 9.59 Å². The number of nitrogens with one attached hydrogen (secondary N) is 2. The molecule has 2 amide bonds. The first-order chi connectivity index (χ1) is 13.0. The second kappa shape index (κ2) is 8.47. The standard InChI is InChI=1S/C21H18ClN3O2/c1-14-4-2-5-15(8-14)11-24-20(26)16-9-17(13-23-12-16)21(27)25-19-7-3-6-18(22)10-19/h2-10,12-13H,11H2,1H3,(H,24,26)(H,25,27). The second-order valence-electron chi connectivity index (χ2n) is 6.10. The van der Waals surface area contributed by atoms with Crippen LogP contribution in [0.25, 0.3) is 0 Å². The molecule has 6 heteroatoms. The number of nitrogens with zero attached hydrogens (tertiary/aromatic N) is 1. The minimum Gasteiger partial charge on any atom is -0.348 e. The smallest absolute Gasteiger partial charge is 0.257 e. The van der Waals surface area contributed by atoms with Crippen LogP contribution < -0.4 is 10.6 Å². The zero-order chi connectivity index (χ0) is 19.2. The van der Waals surface area contributed by atoms with E-state index < -0.39 is 0 Å². The number of anilines is 1. The number of pyridine rings is 1. The summed E-state index contributed by atoms with van der Waals surface area (Å²) in [5.74, 6) is -0.653. The molecular weight excluding hydrogens is 362 g/mol. The lowest BCUT2D eigenvalue weighted by Crippen LogP contribution is -2.23. The van der Waals surface area contributed by atoms with Gasteiger partial charge < -0.3 is 10.6 Å². The number of halogens is 1. The van der Waals surface area contributed by atoms with E-state index in [-0.39, 0.29) is 17.4 Å². The molecule has 1 aromatic heterocycles. The van der Waals surface area contributed by atoms with Gasteiger partial charge in [0.25, 0.3) is 11.8 Å². The van der Waals surface area contributed by atoms with Gasteiger partial charge in [-0.3, -0.25) is 14.6 Å². The Balaban J connectivity index is 1.67. The molecule has 3 aromatic rings. The van der Waals surface area contributed by atoms with Crippen LogP contribution in [-0.2, 0) is 6.54 Å². The van der Waals surface area contributed by atoms with Crippen LogP contribution in [0.15, 0.2) is 67.0 Å². The average molecular weight is 380 g/mol.